The maximum Gasteiger partial charge on any atom is 0.123 e. The lowest BCUT2D eigenvalue weighted by Gasteiger charge is -2.19. The van der Waals surface area contributed by atoms with E-state index < -0.39 is 0 Å². The van der Waals surface area contributed by atoms with E-state index >= 15 is 0 Å². The number of hydrogen-bond acceptors (Lipinski definition) is 0. The SMILES string of the molecule is Fc1ccc2c(c1)C(c1ccccc1)c1c(-c3ccccc3)cc(-c3ccccc3)cc1-2. The van der Waals surface area contributed by atoms with Crippen molar-refractivity contribution >= 4 is 0 Å². The van der Waals surface area contributed by atoms with Gasteiger partial charge in [0, 0.05) is 5.92 Å². The van der Waals surface area contributed by atoms with Crippen molar-refractivity contribution in [3.05, 3.63) is 144 Å². The molecule has 0 N–H and O–H groups in total. The van der Waals surface area contributed by atoms with Gasteiger partial charge in [0.25, 0.3) is 0 Å². The van der Waals surface area contributed by atoms with Crippen molar-refractivity contribution in [3.63, 3.8) is 0 Å². The molecule has 0 spiro atoms. The molecule has 0 amide bonds. The lowest BCUT2D eigenvalue weighted by Crippen LogP contribution is -2.02. The number of hydrogen-bond donors (Lipinski definition) is 0. The van der Waals surface area contributed by atoms with Crippen LogP contribution in [0.4, 0.5) is 4.39 Å². The molecular formula is C31H21F. The minimum atomic E-state index is -0.193. The van der Waals surface area contributed by atoms with Gasteiger partial charge in [-0.3, -0.25) is 0 Å². The zero-order valence-corrected chi connectivity index (χ0v) is 17.5. The van der Waals surface area contributed by atoms with Crippen molar-refractivity contribution in [1.29, 1.82) is 0 Å². The summed E-state index contributed by atoms with van der Waals surface area (Å²) in [6.45, 7) is 0. The predicted octanol–water partition coefficient (Wildman–Crippen LogP) is 8.32. The first-order valence-electron chi connectivity index (χ1n) is 10.9. The second-order valence-electron chi connectivity index (χ2n) is 8.29. The monoisotopic (exact) mass is 412 g/mol. The standard InChI is InChI=1S/C31H21F/c32-25-16-17-26-28-19-24(21-10-4-1-5-11-21)18-27(22-12-6-2-7-13-22)31(28)30(29(26)20-25)23-14-8-3-9-15-23/h1-20,30H. The second-order valence-corrected chi connectivity index (χ2v) is 8.29. The van der Waals surface area contributed by atoms with E-state index in [2.05, 4.69) is 84.9 Å². The smallest absolute Gasteiger partial charge is 0.123 e. The van der Waals surface area contributed by atoms with Crippen LogP contribution >= 0.6 is 0 Å². The van der Waals surface area contributed by atoms with Crippen molar-refractivity contribution < 1.29 is 4.39 Å². The summed E-state index contributed by atoms with van der Waals surface area (Å²) in [5, 5.41) is 0. The van der Waals surface area contributed by atoms with Gasteiger partial charge in [-0.1, -0.05) is 97.1 Å². The molecule has 32 heavy (non-hydrogen) atoms. The van der Waals surface area contributed by atoms with Crippen molar-refractivity contribution in [2.24, 2.45) is 0 Å². The van der Waals surface area contributed by atoms with E-state index in [1.807, 2.05) is 24.3 Å². The molecule has 0 nitrogen and oxygen atoms in total. The van der Waals surface area contributed by atoms with E-state index in [0.717, 1.165) is 11.1 Å². The van der Waals surface area contributed by atoms with Crippen LogP contribution in [0.5, 0.6) is 0 Å². The van der Waals surface area contributed by atoms with Crippen molar-refractivity contribution in [3.8, 4) is 33.4 Å². The van der Waals surface area contributed by atoms with Gasteiger partial charge in [-0.2, -0.15) is 0 Å². The third kappa shape index (κ3) is 3.06. The second kappa shape index (κ2) is 7.62. The average molecular weight is 413 g/mol. The lowest BCUT2D eigenvalue weighted by atomic mass is 9.83. The van der Waals surface area contributed by atoms with Gasteiger partial charge < -0.3 is 0 Å². The Bertz CT molecular complexity index is 1400. The number of benzene rings is 5. The largest absolute Gasteiger partial charge is 0.207 e. The van der Waals surface area contributed by atoms with E-state index in [1.54, 1.807) is 12.1 Å². The zero-order chi connectivity index (χ0) is 21.5. The third-order valence-electron chi connectivity index (χ3n) is 6.41. The fourth-order valence-corrected chi connectivity index (χ4v) is 5.01. The van der Waals surface area contributed by atoms with E-state index in [0.29, 0.717) is 0 Å². The molecule has 0 bridgehead atoms. The van der Waals surface area contributed by atoms with Gasteiger partial charge in [-0.05, 0) is 74.3 Å². The lowest BCUT2D eigenvalue weighted by molar-refractivity contribution is 0.625. The molecule has 1 unspecified atom stereocenters. The highest BCUT2D eigenvalue weighted by molar-refractivity contribution is 5.92. The number of fused-ring (bicyclic) bond motifs is 3. The molecule has 0 saturated carbocycles. The van der Waals surface area contributed by atoms with Crippen LogP contribution in [0, 0.1) is 5.82 Å². The topological polar surface area (TPSA) is 0 Å². The molecule has 5 aromatic rings. The van der Waals surface area contributed by atoms with Crippen molar-refractivity contribution in [2.45, 2.75) is 5.92 Å². The molecule has 0 aromatic heterocycles. The van der Waals surface area contributed by atoms with Gasteiger partial charge in [0.15, 0.2) is 0 Å². The van der Waals surface area contributed by atoms with Crippen LogP contribution in [-0.4, -0.2) is 0 Å². The Morgan fingerprint density at radius 2 is 1.06 bits per heavy atom. The quantitative estimate of drug-likeness (QED) is 0.274. The third-order valence-corrected chi connectivity index (χ3v) is 6.41. The Morgan fingerprint density at radius 3 is 1.75 bits per heavy atom. The normalized spacial score (nSPS) is 14.1. The van der Waals surface area contributed by atoms with E-state index in [-0.39, 0.29) is 11.7 Å². The van der Waals surface area contributed by atoms with Gasteiger partial charge in [-0.15, -0.1) is 0 Å². The molecular weight excluding hydrogens is 391 g/mol. The maximum atomic E-state index is 14.4. The minimum absolute atomic E-state index is 0.00284. The van der Waals surface area contributed by atoms with E-state index in [4.69, 9.17) is 0 Å². The van der Waals surface area contributed by atoms with Gasteiger partial charge in [-0.25, -0.2) is 4.39 Å². The Hall–Kier alpha value is -3.97. The highest BCUT2D eigenvalue weighted by Gasteiger charge is 2.33. The molecule has 6 rings (SSSR count). The molecule has 152 valence electrons. The first-order chi connectivity index (χ1) is 15.8. The minimum Gasteiger partial charge on any atom is -0.207 e. The van der Waals surface area contributed by atoms with Crippen LogP contribution in [0.25, 0.3) is 33.4 Å². The Morgan fingerprint density at radius 1 is 0.469 bits per heavy atom. The number of rotatable bonds is 3. The molecule has 0 aliphatic heterocycles. The van der Waals surface area contributed by atoms with Gasteiger partial charge in [0.05, 0.1) is 0 Å². The molecule has 1 atom stereocenters. The van der Waals surface area contributed by atoms with Crippen LogP contribution in [0.1, 0.15) is 22.6 Å². The summed E-state index contributed by atoms with van der Waals surface area (Å²) in [4.78, 5) is 0. The summed E-state index contributed by atoms with van der Waals surface area (Å²) >= 11 is 0. The summed E-state index contributed by atoms with van der Waals surface area (Å²) in [6.07, 6.45) is 0. The van der Waals surface area contributed by atoms with Crippen LogP contribution in [-0.2, 0) is 0 Å². The van der Waals surface area contributed by atoms with Crippen LogP contribution in [0.15, 0.2) is 121 Å². The fourth-order valence-electron chi connectivity index (χ4n) is 5.01. The van der Waals surface area contributed by atoms with Crippen LogP contribution in [0.2, 0.25) is 0 Å². The summed E-state index contributed by atoms with van der Waals surface area (Å²) in [5.41, 5.74) is 10.5. The average Bonchev–Trinajstić information content (AvgIpc) is 3.18. The molecule has 1 aliphatic carbocycles. The summed E-state index contributed by atoms with van der Waals surface area (Å²) in [7, 11) is 0. The molecule has 1 aliphatic rings. The first-order valence-corrected chi connectivity index (χ1v) is 10.9. The van der Waals surface area contributed by atoms with Crippen molar-refractivity contribution in [2.75, 3.05) is 0 Å². The molecule has 1 heteroatoms. The maximum absolute atomic E-state index is 14.4. The molecule has 0 fully saturated rings. The summed E-state index contributed by atoms with van der Waals surface area (Å²) < 4.78 is 14.4. The van der Waals surface area contributed by atoms with Gasteiger partial charge in [0.1, 0.15) is 5.82 Å². The van der Waals surface area contributed by atoms with Crippen molar-refractivity contribution in [1.82, 2.24) is 0 Å². The predicted molar refractivity (Wildman–Crippen MR) is 130 cm³/mol. The van der Waals surface area contributed by atoms with E-state index in [9.17, 15) is 4.39 Å². The van der Waals surface area contributed by atoms with Gasteiger partial charge >= 0.3 is 0 Å². The summed E-state index contributed by atoms with van der Waals surface area (Å²) in [6, 6.07) is 41.2. The molecule has 0 saturated heterocycles. The molecule has 5 aromatic carbocycles. The molecule has 0 radical (unpaired) electrons. The Labute approximate surface area is 187 Å². The fraction of sp³-hybridized carbons (Fsp3) is 0.0323. The van der Waals surface area contributed by atoms with E-state index in [1.165, 1.54) is 38.9 Å². The van der Waals surface area contributed by atoms with Gasteiger partial charge in [0.2, 0.25) is 0 Å². The van der Waals surface area contributed by atoms with Crippen LogP contribution in [0.3, 0.4) is 0 Å². The number of halogens is 1. The highest BCUT2D eigenvalue weighted by Crippen LogP contribution is 2.53. The highest BCUT2D eigenvalue weighted by atomic mass is 19.1. The Balaban J connectivity index is 1.70. The first kappa shape index (κ1) is 18.8. The van der Waals surface area contributed by atoms with Crippen LogP contribution < -0.4 is 0 Å². The Kier molecular flexibility index (Phi) is 4.47. The zero-order valence-electron chi connectivity index (χ0n) is 17.5. The molecule has 0 heterocycles. The summed E-state index contributed by atoms with van der Waals surface area (Å²) in [5.74, 6) is -0.195.